The molecule has 1 saturated heterocycles. The molecule has 6 rings (SSSR count). The largest absolute Gasteiger partial charge is 0.483 e. The predicted molar refractivity (Wildman–Crippen MR) is 207 cm³/mol. The predicted octanol–water partition coefficient (Wildman–Crippen LogP) is 4.73. The van der Waals surface area contributed by atoms with Gasteiger partial charge in [0.15, 0.2) is 6.61 Å². The van der Waals surface area contributed by atoms with Gasteiger partial charge in [0.05, 0.1) is 27.9 Å². The molecule has 1 aromatic heterocycles. The second-order valence-electron chi connectivity index (χ2n) is 13.7. The molecule has 1 atom stereocenters. The molecule has 6 N–H and O–H groups in total. The number of nitrogens with zero attached hydrogens (tertiary/aromatic N) is 2. The second kappa shape index (κ2) is 18.1. The van der Waals surface area contributed by atoms with E-state index in [-0.39, 0.29) is 53.7 Å². The van der Waals surface area contributed by atoms with Gasteiger partial charge in [-0.15, -0.1) is 0 Å². The van der Waals surface area contributed by atoms with E-state index in [1.165, 1.54) is 24.4 Å². The third kappa shape index (κ3) is 9.35. The molecule has 290 valence electrons. The number of nitrogens with two attached hydrogens (primary N) is 1. The normalized spacial score (nSPS) is 15.0. The van der Waals surface area contributed by atoms with Crippen molar-refractivity contribution in [1.82, 2.24) is 20.5 Å². The SMILES string of the molecule is NC(=O)c1cnc2ccc(NC(=O)CCCCCCCCCNC(=O)COc3cccc4c3C(=O)N(C3CCC(=O)NC3=O)C4=O)cc2c1Nc1ccccc1. The van der Waals surface area contributed by atoms with Gasteiger partial charge in [0.2, 0.25) is 17.7 Å². The van der Waals surface area contributed by atoms with Gasteiger partial charge in [-0.1, -0.05) is 56.4 Å². The van der Waals surface area contributed by atoms with Gasteiger partial charge in [-0.05, 0) is 61.7 Å². The van der Waals surface area contributed by atoms with E-state index in [2.05, 4.69) is 26.3 Å². The molecule has 0 radical (unpaired) electrons. The van der Waals surface area contributed by atoms with Crippen LogP contribution in [0.1, 0.15) is 95.3 Å². The number of pyridine rings is 1. The summed E-state index contributed by atoms with van der Waals surface area (Å²) in [6.45, 7) is 0.0964. The Morgan fingerprint density at radius 1 is 0.839 bits per heavy atom. The van der Waals surface area contributed by atoms with Gasteiger partial charge in [-0.2, -0.15) is 0 Å². The highest BCUT2D eigenvalue weighted by Gasteiger charge is 2.46. The molecule has 1 fully saturated rings. The number of aromatic nitrogens is 1. The third-order valence-electron chi connectivity index (χ3n) is 9.65. The van der Waals surface area contributed by atoms with E-state index in [1.807, 2.05) is 30.3 Å². The van der Waals surface area contributed by atoms with Crippen LogP contribution in [-0.2, 0) is 19.2 Å². The number of para-hydroxylation sites is 1. The molecule has 56 heavy (non-hydrogen) atoms. The van der Waals surface area contributed by atoms with Crippen molar-refractivity contribution in [3.63, 3.8) is 0 Å². The highest BCUT2D eigenvalue weighted by atomic mass is 16.5. The summed E-state index contributed by atoms with van der Waals surface area (Å²) in [5.74, 6) is -3.53. The fraction of sp³-hybridized carbons (Fsp3) is 0.317. The zero-order valence-electron chi connectivity index (χ0n) is 30.7. The number of anilines is 3. The molecular weight excluding hydrogens is 718 g/mol. The molecule has 0 aliphatic carbocycles. The molecule has 0 spiro atoms. The van der Waals surface area contributed by atoms with Crippen LogP contribution in [0.4, 0.5) is 17.1 Å². The number of unbranched alkanes of at least 4 members (excludes halogenated alkanes) is 6. The summed E-state index contributed by atoms with van der Waals surface area (Å²) in [6, 6.07) is 18.1. The first kappa shape index (κ1) is 39.1. The average molecular weight is 762 g/mol. The monoisotopic (exact) mass is 761 g/mol. The lowest BCUT2D eigenvalue weighted by Crippen LogP contribution is -2.54. The number of hydrogen-bond acceptors (Lipinski definition) is 10. The fourth-order valence-electron chi connectivity index (χ4n) is 6.80. The van der Waals surface area contributed by atoms with E-state index in [0.29, 0.717) is 35.2 Å². The van der Waals surface area contributed by atoms with Crippen molar-refractivity contribution in [2.45, 2.75) is 70.3 Å². The van der Waals surface area contributed by atoms with Crippen molar-refractivity contribution in [3.05, 3.63) is 89.6 Å². The van der Waals surface area contributed by atoms with Gasteiger partial charge >= 0.3 is 0 Å². The van der Waals surface area contributed by atoms with E-state index in [9.17, 15) is 33.6 Å². The molecular formula is C41H43N7O8. The van der Waals surface area contributed by atoms with Crippen LogP contribution < -0.4 is 31.7 Å². The van der Waals surface area contributed by atoms with Gasteiger partial charge in [0, 0.05) is 42.3 Å². The van der Waals surface area contributed by atoms with Crippen molar-refractivity contribution in [3.8, 4) is 5.75 Å². The number of amides is 7. The first-order chi connectivity index (χ1) is 27.1. The molecule has 2 aliphatic heterocycles. The maximum Gasteiger partial charge on any atom is 0.266 e. The second-order valence-corrected chi connectivity index (χ2v) is 13.7. The van der Waals surface area contributed by atoms with Crippen LogP contribution in [0.2, 0.25) is 0 Å². The summed E-state index contributed by atoms with van der Waals surface area (Å²) in [6.07, 6.45) is 8.15. The number of hydrogen-bond donors (Lipinski definition) is 5. The number of carbonyl (C=O) groups excluding carboxylic acids is 7. The Kier molecular flexibility index (Phi) is 12.6. The van der Waals surface area contributed by atoms with Crippen LogP contribution in [0.15, 0.2) is 72.9 Å². The van der Waals surface area contributed by atoms with Gasteiger partial charge in [-0.25, -0.2) is 0 Å². The Morgan fingerprint density at radius 2 is 1.59 bits per heavy atom. The Balaban J connectivity index is 0.857. The van der Waals surface area contributed by atoms with Crippen molar-refractivity contribution in [2.24, 2.45) is 5.73 Å². The minimum atomic E-state index is -1.09. The van der Waals surface area contributed by atoms with E-state index >= 15 is 0 Å². The van der Waals surface area contributed by atoms with Gasteiger partial charge < -0.3 is 26.4 Å². The summed E-state index contributed by atoms with van der Waals surface area (Å²) in [5.41, 5.74) is 8.50. The van der Waals surface area contributed by atoms with Crippen LogP contribution in [0.5, 0.6) is 5.75 Å². The third-order valence-corrected chi connectivity index (χ3v) is 9.65. The minimum absolute atomic E-state index is 0.00860. The van der Waals surface area contributed by atoms with Crippen LogP contribution in [0.3, 0.4) is 0 Å². The molecule has 2 aliphatic rings. The number of piperidine rings is 1. The highest BCUT2D eigenvalue weighted by Crippen LogP contribution is 2.34. The molecule has 7 amide bonds. The van der Waals surface area contributed by atoms with Crippen molar-refractivity contribution in [2.75, 3.05) is 23.8 Å². The number of fused-ring (bicyclic) bond motifs is 2. The molecule has 4 aromatic rings. The Hall–Kier alpha value is -6.64. The number of ether oxygens (including phenoxy) is 1. The lowest BCUT2D eigenvalue weighted by molar-refractivity contribution is -0.136. The lowest BCUT2D eigenvalue weighted by atomic mass is 10.0. The standard InChI is InChI=1S/C41H43N7O8/c42-38(52)29-23-44-30-18-17-26(22-28(30)37(29)46-25-12-7-6-8-13-25)45-33(49)16-9-4-2-1-3-5-10-21-43-35(51)24-56-32-15-11-14-27-36(32)41(55)48(40(27)54)31-19-20-34(50)47-39(31)53/h6-8,11-15,17-18,22-23,31H,1-5,9-10,16,19-21,24H2,(H2,42,52)(H,43,51)(H,44,46)(H,45,49)(H,47,50,53). The van der Waals surface area contributed by atoms with Gasteiger partial charge in [0.1, 0.15) is 11.8 Å². The molecule has 1 unspecified atom stereocenters. The summed E-state index contributed by atoms with van der Waals surface area (Å²) in [7, 11) is 0. The Bertz CT molecular complexity index is 2170. The van der Waals surface area contributed by atoms with Crippen LogP contribution in [0.25, 0.3) is 10.9 Å². The Morgan fingerprint density at radius 3 is 2.34 bits per heavy atom. The lowest BCUT2D eigenvalue weighted by Gasteiger charge is -2.27. The van der Waals surface area contributed by atoms with E-state index in [4.69, 9.17) is 10.5 Å². The van der Waals surface area contributed by atoms with E-state index in [1.54, 1.807) is 18.2 Å². The minimum Gasteiger partial charge on any atom is -0.483 e. The number of rotatable bonds is 18. The molecule has 0 bridgehead atoms. The maximum absolute atomic E-state index is 13.2. The van der Waals surface area contributed by atoms with Gasteiger partial charge in [0.25, 0.3) is 23.6 Å². The molecule has 15 nitrogen and oxygen atoms in total. The number of primary amides is 1. The summed E-state index contributed by atoms with van der Waals surface area (Å²) in [4.78, 5) is 92.7. The number of benzene rings is 3. The van der Waals surface area contributed by atoms with E-state index in [0.717, 1.165) is 55.5 Å². The molecule has 3 heterocycles. The highest BCUT2D eigenvalue weighted by molar-refractivity contribution is 6.24. The summed E-state index contributed by atoms with van der Waals surface area (Å²) < 4.78 is 5.63. The maximum atomic E-state index is 13.2. The smallest absolute Gasteiger partial charge is 0.266 e. The first-order valence-electron chi connectivity index (χ1n) is 18.7. The first-order valence-corrected chi connectivity index (χ1v) is 18.7. The molecule has 3 aromatic carbocycles. The fourth-order valence-corrected chi connectivity index (χ4v) is 6.80. The zero-order chi connectivity index (χ0) is 39.6. The Labute approximate surface area is 322 Å². The summed E-state index contributed by atoms with van der Waals surface area (Å²) >= 11 is 0. The van der Waals surface area contributed by atoms with Crippen LogP contribution in [-0.4, -0.2) is 70.4 Å². The van der Waals surface area contributed by atoms with Crippen molar-refractivity contribution in [1.29, 1.82) is 0 Å². The van der Waals surface area contributed by atoms with E-state index < -0.39 is 35.6 Å². The number of imide groups is 2. The zero-order valence-corrected chi connectivity index (χ0v) is 30.7. The quantitative estimate of drug-likeness (QED) is 0.0693. The van der Waals surface area contributed by atoms with Crippen LogP contribution >= 0.6 is 0 Å². The number of carbonyl (C=O) groups is 7. The van der Waals surface area contributed by atoms with Crippen molar-refractivity contribution >= 4 is 69.3 Å². The molecule has 15 heteroatoms. The van der Waals surface area contributed by atoms with Gasteiger partial charge in [-0.3, -0.25) is 48.8 Å². The van der Waals surface area contributed by atoms with Crippen molar-refractivity contribution < 1.29 is 38.3 Å². The molecule has 0 saturated carbocycles. The topological polar surface area (TPSA) is 219 Å². The van der Waals surface area contributed by atoms with Crippen LogP contribution in [0, 0.1) is 0 Å². The number of nitrogens with one attached hydrogen (secondary N) is 4. The average Bonchev–Trinajstić information content (AvgIpc) is 3.44. The summed E-state index contributed by atoms with van der Waals surface area (Å²) in [5, 5.41) is 11.8.